The van der Waals surface area contributed by atoms with Gasteiger partial charge < -0.3 is 4.43 Å². The zero-order chi connectivity index (χ0) is 11.4. The van der Waals surface area contributed by atoms with Gasteiger partial charge in [0.1, 0.15) is 5.83 Å². The smallest absolute Gasteiger partial charge is 0.243 e. The fourth-order valence-electron chi connectivity index (χ4n) is 0.727. The molecule has 2 nitrogen and oxygen atoms in total. The molecule has 0 bridgehead atoms. The van der Waals surface area contributed by atoms with Crippen molar-refractivity contribution in [2.45, 2.75) is 33.5 Å². The zero-order valence-electron chi connectivity index (χ0n) is 9.52. The summed E-state index contributed by atoms with van der Waals surface area (Å²) in [5.74, 6) is 0.0871. The molecule has 0 rings (SSSR count). The van der Waals surface area contributed by atoms with Gasteiger partial charge in [-0.1, -0.05) is 6.58 Å². The highest BCUT2D eigenvalue weighted by Gasteiger charge is 2.16. The SMILES string of the molecule is C=C(C)C(F)=CN=C(C)O[Si](C)(C)C. The standard InChI is InChI=1S/C10H18FNOSi/c1-8(2)10(11)7-12-9(3)13-14(4,5)6/h7H,1H2,2-6H3. The molecule has 0 amide bonds. The zero-order valence-corrected chi connectivity index (χ0v) is 10.5. The molecule has 0 aliphatic carbocycles. The number of rotatable bonds is 3. The monoisotopic (exact) mass is 215 g/mol. The van der Waals surface area contributed by atoms with Crippen LogP contribution in [0.25, 0.3) is 0 Å². The lowest BCUT2D eigenvalue weighted by Gasteiger charge is -2.17. The van der Waals surface area contributed by atoms with E-state index in [1.165, 1.54) is 0 Å². The van der Waals surface area contributed by atoms with E-state index in [1.807, 2.05) is 19.6 Å². The first kappa shape index (κ1) is 13.1. The number of halogens is 1. The van der Waals surface area contributed by atoms with Crippen LogP contribution in [0, 0.1) is 0 Å². The molecule has 0 unspecified atom stereocenters. The molecule has 0 heterocycles. The van der Waals surface area contributed by atoms with E-state index in [2.05, 4.69) is 11.6 Å². The van der Waals surface area contributed by atoms with Crippen LogP contribution in [-0.2, 0) is 4.43 Å². The first-order valence-corrected chi connectivity index (χ1v) is 7.88. The van der Waals surface area contributed by atoms with Gasteiger partial charge in [-0.2, -0.15) is 0 Å². The maximum atomic E-state index is 12.9. The van der Waals surface area contributed by atoms with Crippen molar-refractivity contribution in [1.82, 2.24) is 0 Å². The summed E-state index contributed by atoms with van der Waals surface area (Å²) in [6.45, 7) is 12.9. The minimum atomic E-state index is -1.62. The third-order valence-electron chi connectivity index (χ3n) is 1.22. The van der Waals surface area contributed by atoms with Crippen LogP contribution in [-0.4, -0.2) is 14.2 Å². The molecule has 0 N–H and O–H groups in total. The molecule has 4 heteroatoms. The van der Waals surface area contributed by atoms with E-state index < -0.39 is 14.1 Å². The summed E-state index contributed by atoms with van der Waals surface area (Å²) in [6.07, 6.45) is 1.14. The van der Waals surface area contributed by atoms with Crippen LogP contribution in [0.5, 0.6) is 0 Å². The number of nitrogens with zero attached hydrogens (tertiary/aromatic N) is 1. The molecule has 0 aromatic carbocycles. The molecular formula is C10H18FNOSi. The Bertz CT molecular complexity index is 276. The van der Waals surface area contributed by atoms with Crippen LogP contribution in [0.4, 0.5) is 4.39 Å². The molecular weight excluding hydrogens is 197 g/mol. The molecule has 0 spiro atoms. The van der Waals surface area contributed by atoms with Crippen LogP contribution < -0.4 is 0 Å². The maximum absolute atomic E-state index is 12.9. The van der Waals surface area contributed by atoms with Gasteiger partial charge in [0.2, 0.25) is 8.32 Å². The minimum Gasteiger partial charge on any atom is -0.535 e. The van der Waals surface area contributed by atoms with Crippen molar-refractivity contribution >= 4 is 14.2 Å². The summed E-state index contributed by atoms with van der Waals surface area (Å²) in [5.41, 5.74) is 0.370. The van der Waals surface area contributed by atoms with Crippen molar-refractivity contribution in [3.05, 3.63) is 24.2 Å². The van der Waals surface area contributed by atoms with E-state index in [-0.39, 0.29) is 0 Å². The molecule has 0 aromatic rings. The van der Waals surface area contributed by atoms with Crippen LogP contribution in [0.3, 0.4) is 0 Å². The van der Waals surface area contributed by atoms with Gasteiger partial charge in [-0.25, -0.2) is 9.38 Å². The lowest BCUT2D eigenvalue weighted by Crippen LogP contribution is -2.27. The maximum Gasteiger partial charge on any atom is 0.243 e. The Hall–Kier alpha value is -0.903. The van der Waals surface area contributed by atoms with E-state index in [9.17, 15) is 4.39 Å². The highest BCUT2D eigenvalue weighted by atomic mass is 28.4. The van der Waals surface area contributed by atoms with Crippen molar-refractivity contribution < 1.29 is 8.82 Å². The molecule has 0 saturated heterocycles. The van der Waals surface area contributed by atoms with Crippen LogP contribution in [0.2, 0.25) is 19.6 Å². The Balaban J connectivity index is 4.40. The summed E-state index contributed by atoms with van der Waals surface area (Å²) in [7, 11) is -1.62. The summed E-state index contributed by atoms with van der Waals surface area (Å²) in [5, 5.41) is 0. The van der Waals surface area contributed by atoms with Crippen LogP contribution >= 0.6 is 0 Å². The second-order valence-electron chi connectivity index (χ2n) is 4.12. The summed E-state index contributed by atoms with van der Waals surface area (Å²) >= 11 is 0. The van der Waals surface area contributed by atoms with Crippen LogP contribution in [0.15, 0.2) is 29.2 Å². The van der Waals surface area contributed by atoms with Gasteiger partial charge in [-0.3, -0.25) is 0 Å². The minimum absolute atomic E-state index is 0.370. The van der Waals surface area contributed by atoms with Gasteiger partial charge >= 0.3 is 0 Å². The van der Waals surface area contributed by atoms with Crippen LogP contribution in [0.1, 0.15) is 13.8 Å². The van der Waals surface area contributed by atoms with Gasteiger partial charge in [-0.15, -0.1) is 0 Å². The largest absolute Gasteiger partial charge is 0.535 e. The first-order chi connectivity index (χ1) is 6.22. The highest BCUT2D eigenvalue weighted by molar-refractivity contribution is 6.71. The number of hydrogen-bond donors (Lipinski definition) is 0. The van der Waals surface area contributed by atoms with Crippen molar-refractivity contribution in [1.29, 1.82) is 0 Å². The molecule has 14 heavy (non-hydrogen) atoms. The average molecular weight is 215 g/mol. The van der Waals surface area contributed by atoms with Crippen molar-refractivity contribution in [2.24, 2.45) is 4.99 Å². The molecule has 0 fully saturated rings. The number of aliphatic imine (C=N–C) groups is 1. The summed E-state index contributed by atoms with van der Waals surface area (Å²) in [6, 6.07) is 0. The van der Waals surface area contributed by atoms with Crippen molar-refractivity contribution in [2.75, 3.05) is 0 Å². The molecule has 0 aliphatic heterocycles. The van der Waals surface area contributed by atoms with Gasteiger partial charge in [0.25, 0.3) is 0 Å². The third-order valence-corrected chi connectivity index (χ3v) is 2.13. The Labute approximate surface area is 86.3 Å². The van der Waals surface area contributed by atoms with Gasteiger partial charge in [0, 0.05) is 6.92 Å². The highest BCUT2D eigenvalue weighted by Crippen LogP contribution is 2.08. The summed E-state index contributed by atoms with van der Waals surface area (Å²) < 4.78 is 18.4. The molecule has 0 atom stereocenters. The van der Waals surface area contributed by atoms with E-state index >= 15 is 0 Å². The Morgan fingerprint density at radius 3 is 2.21 bits per heavy atom. The predicted octanol–water partition coefficient (Wildman–Crippen LogP) is 3.64. The lowest BCUT2D eigenvalue weighted by atomic mass is 10.3. The van der Waals surface area contributed by atoms with Gasteiger partial charge in [-0.05, 0) is 32.1 Å². The number of allylic oxidation sites excluding steroid dienone is 2. The molecule has 80 valence electrons. The van der Waals surface area contributed by atoms with Crippen molar-refractivity contribution in [3.8, 4) is 0 Å². The second kappa shape index (κ2) is 5.10. The third kappa shape index (κ3) is 6.60. The predicted molar refractivity (Wildman–Crippen MR) is 61.5 cm³/mol. The number of hydrogen-bond acceptors (Lipinski definition) is 2. The lowest BCUT2D eigenvalue weighted by molar-refractivity contribution is 0.546. The molecule has 0 radical (unpaired) electrons. The average Bonchev–Trinajstić information content (AvgIpc) is 1.96. The summed E-state index contributed by atoms with van der Waals surface area (Å²) in [4.78, 5) is 3.86. The first-order valence-electron chi connectivity index (χ1n) is 4.47. The van der Waals surface area contributed by atoms with E-state index in [4.69, 9.17) is 4.43 Å². The van der Waals surface area contributed by atoms with E-state index in [0.717, 1.165) is 6.20 Å². The Morgan fingerprint density at radius 2 is 1.86 bits per heavy atom. The van der Waals surface area contributed by atoms with Crippen molar-refractivity contribution in [3.63, 3.8) is 0 Å². The normalized spacial score (nSPS) is 14.1. The quantitative estimate of drug-likeness (QED) is 0.305. The Morgan fingerprint density at radius 1 is 1.36 bits per heavy atom. The molecule has 0 aromatic heterocycles. The molecule has 0 aliphatic rings. The Kier molecular flexibility index (Phi) is 4.77. The van der Waals surface area contributed by atoms with Gasteiger partial charge in [0.15, 0.2) is 5.90 Å². The second-order valence-corrected chi connectivity index (χ2v) is 8.55. The van der Waals surface area contributed by atoms with E-state index in [0.29, 0.717) is 11.5 Å². The topological polar surface area (TPSA) is 21.6 Å². The fourth-order valence-corrected chi connectivity index (χ4v) is 1.67. The fraction of sp³-hybridized carbons (Fsp3) is 0.500. The van der Waals surface area contributed by atoms with E-state index in [1.54, 1.807) is 13.8 Å². The van der Waals surface area contributed by atoms with Gasteiger partial charge in [0.05, 0.1) is 6.20 Å². The molecule has 0 saturated carbocycles.